The molecule has 5 heteroatoms. The van der Waals surface area contributed by atoms with Gasteiger partial charge in [-0.25, -0.2) is 0 Å². The van der Waals surface area contributed by atoms with Crippen LogP contribution in [0.4, 0.5) is 0 Å². The fourth-order valence-corrected chi connectivity index (χ4v) is 5.07. The highest BCUT2D eigenvalue weighted by atomic mass is 16.7. The highest BCUT2D eigenvalue weighted by Gasteiger charge is 2.46. The Bertz CT molecular complexity index is 490. The van der Waals surface area contributed by atoms with Crippen LogP contribution in [0.1, 0.15) is 52.9 Å². The Morgan fingerprint density at radius 3 is 2.56 bits per heavy atom. The molecule has 3 rings (SSSR count). The van der Waals surface area contributed by atoms with Gasteiger partial charge in [-0.05, 0) is 69.6 Å². The molecule has 0 aromatic carbocycles. The zero-order valence-electron chi connectivity index (χ0n) is 15.7. The molecule has 2 aliphatic carbocycles. The molecule has 144 valence electrons. The van der Waals surface area contributed by atoms with Crippen LogP contribution in [-0.4, -0.2) is 52.1 Å². The molecule has 0 amide bonds. The second-order valence-corrected chi connectivity index (χ2v) is 8.93. The SMILES string of the molecule is C=C1CCC(C(C)(C)OC2OCC(O)C(O)C2O)CC2C(C)CCC12. The predicted octanol–water partition coefficient (Wildman–Crippen LogP) is 2.24. The Morgan fingerprint density at radius 1 is 1.12 bits per heavy atom. The van der Waals surface area contributed by atoms with Gasteiger partial charge in [-0.1, -0.05) is 19.1 Å². The molecule has 0 aromatic rings. The zero-order valence-corrected chi connectivity index (χ0v) is 15.7. The van der Waals surface area contributed by atoms with Gasteiger partial charge in [0.05, 0.1) is 12.2 Å². The first-order valence-corrected chi connectivity index (χ1v) is 9.72. The maximum Gasteiger partial charge on any atom is 0.186 e. The lowest BCUT2D eigenvalue weighted by Crippen LogP contribution is -2.56. The van der Waals surface area contributed by atoms with Crippen molar-refractivity contribution in [3.05, 3.63) is 12.2 Å². The number of hydrogen-bond donors (Lipinski definition) is 3. The van der Waals surface area contributed by atoms with Crippen molar-refractivity contribution in [2.24, 2.45) is 23.7 Å². The van der Waals surface area contributed by atoms with Crippen molar-refractivity contribution in [3.63, 3.8) is 0 Å². The predicted molar refractivity (Wildman–Crippen MR) is 94.8 cm³/mol. The van der Waals surface area contributed by atoms with Gasteiger partial charge in [0.1, 0.15) is 18.3 Å². The van der Waals surface area contributed by atoms with Crippen molar-refractivity contribution >= 4 is 0 Å². The van der Waals surface area contributed by atoms with E-state index in [1.54, 1.807) is 0 Å². The molecule has 1 aliphatic heterocycles. The topological polar surface area (TPSA) is 79.2 Å². The highest BCUT2D eigenvalue weighted by Crippen LogP contribution is 2.50. The third-order valence-electron chi connectivity index (χ3n) is 6.93. The number of aliphatic hydroxyl groups excluding tert-OH is 3. The lowest BCUT2D eigenvalue weighted by Gasteiger charge is -2.42. The maximum atomic E-state index is 10.2. The average molecular weight is 354 g/mol. The van der Waals surface area contributed by atoms with Gasteiger partial charge in [-0.2, -0.15) is 0 Å². The van der Waals surface area contributed by atoms with E-state index in [0.717, 1.165) is 19.3 Å². The quantitative estimate of drug-likeness (QED) is 0.678. The molecular formula is C20H34O5. The summed E-state index contributed by atoms with van der Waals surface area (Å²) in [6.45, 7) is 10.8. The van der Waals surface area contributed by atoms with Crippen molar-refractivity contribution in [2.75, 3.05) is 6.61 Å². The van der Waals surface area contributed by atoms with E-state index >= 15 is 0 Å². The Morgan fingerprint density at radius 2 is 1.84 bits per heavy atom. The van der Waals surface area contributed by atoms with Crippen molar-refractivity contribution in [1.29, 1.82) is 0 Å². The first-order chi connectivity index (χ1) is 11.7. The number of hydrogen-bond acceptors (Lipinski definition) is 5. The van der Waals surface area contributed by atoms with E-state index in [0.29, 0.717) is 23.7 Å². The van der Waals surface area contributed by atoms with Crippen molar-refractivity contribution in [2.45, 2.75) is 83.1 Å². The molecule has 0 radical (unpaired) electrons. The molecule has 0 bridgehead atoms. The van der Waals surface area contributed by atoms with Gasteiger partial charge in [-0.3, -0.25) is 0 Å². The van der Waals surface area contributed by atoms with Crippen molar-refractivity contribution in [1.82, 2.24) is 0 Å². The average Bonchev–Trinajstić information content (AvgIpc) is 2.82. The number of allylic oxidation sites excluding steroid dienone is 1. The summed E-state index contributed by atoms with van der Waals surface area (Å²) in [4.78, 5) is 0. The van der Waals surface area contributed by atoms with Gasteiger partial charge in [0.2, 0.25) is 0 Å². The Balaban J connectivity index is 1.70. The van der Waals surface area contributed by atoms with Crippen LogP contribution < -0.4 is 0 Å². The van der Waals surface area contributed by atoms with E-state index in [1.165, 1.54) is 18.4 Å². The minimum atomic E-state index is -1.23. The van der Waals surface area contributed by atoms with Crippen LogP contribution in [0.2, 0.25) is 0 Å². The summed E-state index contributed by atoms with van der Waals surface area (Å²) in [6.07, 6.45) is 1.25. The summed E-state index contributed by atoms with van der Waals surface area (Å²) in [7, 11) is 0. The molecule has 3 aliphatic rings. The van der Waals surface area contributed by atoms with E-state index in [9.17, 15) is 15.3 Å². The number of fused-ring (bicyclic) bond motifs is 1. The summed E-state index contributed by atoms with van der Waals surface area (Å²) in [5, 5.41) is 29.7. The first kappa shape index (κ1) is 19.3. The second kappa shape index (κ2) is 7.28. The highest BCUT2D eigenvalue weighted by molar-refractivity contribution is 5.10. The molecule has 25 heavy (non-hydrogen) atoms. The number of ether oxygens (including phenoxy) is 2. The van der Waals surface area contributed by atoms with Crippen molar-refractivity contribution in [3.8, 4) is 0 Å². The molecule has 2 saturated carbocycles. The molecule has 3 fully saturated rings. The van der Waals surface area contributed by atoms with E-state index in [1.807, 2.05) is 13.8 Å². The fraction of sp³-hybridized carbons (Fsp3) is 0.900. The zero-order chi connectivity index (χ0) is 18.4. The van der Waals surface area contributed by atoms with E-state index in [2.05, 4.69) is 13.5 Å². The van der Waals surface area contributed by atoms with Gasteiger partial charge in [-0.15, -0.1) is 0 Å². The Labute approximate surface area is 151 Å². The maximum absolute atomic E-state index is 10.2. The lowest BCUT2D eigenvalue weighted by molar-refractivity contribution is -0.304. The van der Waals surface area contributed by atoms with Crippen LogP contribution >= 0.6 is 0 Å². The minimum Gasteiger partial charge on any atom is -0.388 e. The molecule has 3 N–H and O–H groups in total. The monoisotopic (exact) mass is 354 g/mol. The van der Waals surface area contributed by atoms with Crippen LogP contribution in [0, 0.1) is 23.7 Å². The normalized spacial score (nSPS) is 45.9. The first-order valence-electron chi connectivity index (χ1n) is 9.72. The van der Waals surface area contributed by atoms with Crippen LogP contribution in [0.25, 0.3) is 0 Å². The second-order valence-electron chi connectivity index (χ2n) is 8.93. The molecule has 5 nitrogen and oxygen atoms in total. The third kappa shape index (κ3) is 3.81. The largest absolute Gasteiger partial charge is 0.388 e. The fourth-order valence-electron chi connectivity index (χ4n) is 5.07. The number of aliphatic hydroxyl groups is 3. The summed E-state index contributed by atoms with van der Waals surface area (Å²) in [5.41, 5.74) is 0.908. The summed E-state index contributed by atoms with van der Waals surface area (Å²) < 4.78 is 11.6. The minimum absolute atomic E-state index is 0.0256. The smallest absolute Gasteiger partial charge is 0.186 e. The van der Waals surface area contributed by atoms with Crippen LogP contribution in [0.5, 0.6) is 0 Å². The Kier molecular flexibility index (Phi) is 5.62. The van der Waals surface area contributed by atoms with Gasteiger partial charge in [0.25, 0.3) is 0 Å². The van der Waals surface area contributed by atoms with Crippen LogP contribution in [0.15, 0.2) is 12.2 Å². The molecule has 0 aromatic heterocycles. The summed E-state index contributed by atoms with van der Waals surface area (Å²) in [5.74, 6) is 2.36. The molecular weight excluding hydrogens is 320 g/mol. The van der Waals surface area contributed by atoms with Crippen LogP contribution in [0.3, 0.4) is 0 Å². The molecule has 1 saturated heterocycles. The molecule has 1 heterocycles. The van der Waals surface area contributed by atoms with Gasteiger partial charge < -0.3 is 24.8 Å². The molecule has 8 unspecified atom stereocenters. The third-order valence-corrected chi connectivity index (χ3v) is 6.93. The van der Waals surface area contributed by atoms with E-state index in [-0.39, 0.29) is 6.61 Å². The Hall–Kier alpha value is -0.460. The van der Waals surface area contributed by atoms with Crippen LogP contribution in [-0.2, 0) is 9.47 Å². The van der Waals surface area contributed by atoms with Crippen molar-refractivity contribution < 1.29 is 24.8 Å². The number of rotatable bonds is 3. The summed E-state index contributed by atoms with van der Waals surface area (Å²) in [6, 6.07) is 0. The summed E-state index contributed by atoms with van der Waals surface area (Å²) >= 11 is 0. The molecule has 0 spiro atoms. The van der Waals surface area contributed by atoms with Gasteiger partial charge >= 0.3 is 0 Å². The standard InChI is InChI=1S/C20H34O5/c1-11-5-7-13(9-15-12(2)6-8-14(11)15)20(3,4)25-19-18(23)17(22)16(21)10-24-19/h12-19,21-23H,1,5-10H2,2-4H3. The van der Waals surface area contributed by atoms with E-state index < -0.39 is 30.2 Å². The van der Waals surface area contributed by atoms with Gasteiger partial charge in [0, 0.05) is 0 Å². The van der Waals surface area contributed by atoms with Gasteiger partial charge in [0.15, 0.2) is 6.29 Å². The molecule has 8 atom stereocenters. The lowest BCUT2D eigenvalue weighted by atomic mass is 9.77. The van der Waals surface area contributed by atoms with E-state index in [4.69, 9.17) is 9.47 Å².